The van der Waals surface area contributed by atoms with Gasteiger partial charge in [0.25, 0.3) is 5.82 Å². The summed E-state index contributed by atoms with van der Waals surface area (Å²) in [6.07, 6.45) is -0.0327. The van der Waals surface area contributed by atoms with Gasteiger partial charge in [0.1, 0.15) is 6.33 Å². The number of halogens is 3. The minimum Gasteiger partial charge on any atom is -0.289 e. The number of alkyl halides is 3. The molecule has 110 valence electrons. The maximum absolute atomic E-state index is 13.0. The Morgan fingerprint density at radius 2 is 1.77 bits per heavy atom. The third kappa shape index (κ3) is 1.75. The summed E-state index contributed by atoms with van der Waals surface area (Å²) in [5.74, 6) is -0.833. The summed E-state index contributed by atoms with van der Waals surface area (Å²) < 4.78 is 41.4. The van der Waals surface area contributed by atoms with E-state index in [-0.39, 0.29) is 5.65 Å². The van der Waals surface area contributed by atoms with Crippen LogP contribution in [0.4, 0.5) is 13.2 Å². The molecule has 0 aliphatic carbocycles. The molecule has 3 aromatic heterocycles. The van der Waals surface area contributed by atoms with E-state index in [4.69, 9.17) is 0 Å². The van der Waals surface area contributed by atoms with Crippen molar-refractivity contribution in [3.05, 3.63) is 48.8 Å². The number of hydrogen-bond donors (Lipinski definition) is 0. The second-order valence-corrected chi connectivity index (χ2v) is 4.60. The number of rotatable bonds is 1. The van der Waals surface area contributed by atoms with Gasteiger partial charge in [-0.3, -0.25) is 4.57 Å². The van der Waals surface area contributed by atoms with Gasteiger partial charge >= 0.3 is 6.18 Å². The average Bonchev–Trinajstić information content (AvgIpc) is 3.15. The SMILES string of the molecule is FC(F)(F)c1nnc2c3ccccc3c(-n3ccnc3)nn12. The van der Waals surface area contributed by atoms with Crippen molar-refractivity contribution in [2.24, 2.45) is 0 Å². The molecule has 0 aliphatic rings. The van der Waals surface area contributed by atoms with Gasteiger partial charge in [-0.1, -0.05) is 24.3 Å². The molecule has 4 aromatic rings. The topological polar surface area (TPSA) is 60.9 Å². The fourth-order valence-electron chi connectivity index (χ4n) is 2.32. The fourth-order valence-corrected chi connectivity index (χ4v) is 2.32. The van der Waals surface area contributed by atoms with Crippen LogP contribution < -0.4 is 0 Å². The molecule has 0 unspecified atom stereocenters. The second kappa shape index (κ2) is 4.26. The van der Waals surface area contributed by atoms with Crippen molar-refractivity contribution >= 4 is 16.4 Å². The van der Waals surface area contributed by atoms with Crippen LogP contribution >= 0.6 is 0 Å². The number of fused-ring (bicyclic) bond motifs is 3. The first-order chi connectivity index (χ1) is 10.6. The summed E-state index contributed by atoms with van der Waals surface area (Å²) in [5, 5.41) is 12.1. The van der Waals surface area contributed by atoms with Crippen molar-refractivity contribution in [1.82, 2.24) is 29.4 Å². The lowest BCUT2D eigenvalue weighted by Gasteiger charge is -2.09. The van der Waals surface area contributed by atoms with Gasteiger partial charge in [0.05, 0.1) is 0 Å². The lowest BCUT2D eigenvalue weighted by Crippen LogP contribution is -2.14. The van der Waals surface area contributed by atoms with Crippen LogP contribution in [0.2, 0.25) is 0 Å². The highest BCUT2D eigenvalue weighted by molar-refractivity contribution is 5.97. The van der Waals surface area contributed by atoms with Crippen LogP contribution in [0, 0.1) is 0 Å². The molecule has 0 saturated heterocycles. The Bertz CT molecular complexity index is 971. The Morgan fingerprint density at radius 3 is 2.45 bits per heavy atom. The van der Waals surface area contributed by atoms with Crippen LogP contribution in [0.5, 0.6) is 0 Å². The van der Waals surface area contributed by atoms with Gasteiger partial charge < -0.3 is 0 Å². The molecular formula is C13H7F3N6. The molecule has 0 fully saturated rings. The zero-order valence-electron chi connectivity index (χ0n) is 10.9. The second-order valence-electron chi connectivity index (χ2n) is 4.60. The highest BCUT2D eigenvalue weighted by atomic mass is 19.4. The zero-order valence-corrected chi connectivity index (χ0v) is 10.9. The number of benzene rings is 1. The molecular weight excluding hydrogens is 297 g/mol. The monoisotopic (exact) mass is 304 g/mol. The van der Waals surface area contributed by atoms with E-state index in [1.54, 1.807) is 35.0 Å². The largest absolute Gasteiger partial charge is 0.453 e. The Balaban J connectivity index is 2.17. The first-order valence-electron chi connectivity index (χ1n) is 6.25. The van der Waals surface area contributed by atoms with E-state index >= 15 is 0 Å². The van der Waals surface area contributed by atoms with Crippen molar-refractivity contribution in [2.75, 3.05) is 0 Å². The van der Waals surface area contributed by atoms with Crippen LogP contribution in [0.15, 0.2) is 43.0 Å². The van der Waals surface area contributed by atoms with Crippen molar-refractivity contribution in [1.29, 1.82) is 0 Å². The van der Waals surface area contributed by atoms with Crippen molar-refractivity contribution in [2.45, 2.75) is 6.18 Å². The Kier molecular flexibility index (Phi) is 2.47. The van der Waals surface area contributed by atoms with E-state index in [2.05, 4.69) is 20.3 Å². The number of hydrogen-bond acceptors (Lipinski definition) is 4. The van der Waals surface area contributed by atoms with Gasteiger partial charge in [0.2, 0.25) is 0 Å². The first kappa shape index (κ1) is 12.7. The molecule has 0 amide bonds. The molecule has 4 rings (SSSR count). The lowest BCUT2D eigenvalue weighted by atomic mass is 10.2. The molecule has 0 radical (unpaired) electrons. The quantitative estimate of drug-likeness (QED) is 0.542. The summed E-state index contributed by atoms with van der Waals surface area (Å²) in [6.45, 7) is 0. The van der Waals surface area contributed by atoms with Crippen LogP contribution in [-0.4, -0.2) is 29.4 Å². The Labute approximate surface area is 120 Å². The van der Waals surface area contributed by atoms with Gasteiger partial charge in [-0.2, -0.15) is 17.7 Å². The van der Waals surface area contributed by atoms with E-state index < -0.39 is 12.0 Å². The third-order valence-electron chi connectivity index (χ3n) is 3.25. The predicted octanol–water partition coefficient (Wildman–Crippen LogP) is 2.48. The van der Waals surface area contributed by atoms with E-state index in [0.717, 1.165) is 4.52 Å². The molecule has 6 nitrogen and oxygen atoms in total. The molecule has 0 bridgehead atoms. The summed E-state index contributed by atoms with van der Waals surface area (Å²) in [6, 6.07) is 6.95. The van der Waals surface area contributed by atoms with E-state index in [1.165, 1.54) is 12.5 Å². The first-order valence-corrected chi connectivity index (χ1v) is 6.25. The van der Waals surface area contributed by atoms with Gasteiger partial charge in [0.15, 0.2) is 11.5 Å². The molecule has 0 atom stereocenters. The van der Waals surface area contributed by atoms with E-state index in [9.17, 15) is 13.2 Å². The van der Waals surface area contributed by atoms with E-state index in [1.807, 2.05) is 0 Å². The highest BCUT2D eigenvalue weighted by Crippen LogP contribution is 2.30. The fraction of sp³-hybridized carbons (Fsp3) is 0.0769. The summed E-state index contributed by atoms with van der Waals surface area (Å²) in [7, 11) is 0. The number of nitrogens with zero attached hydrogens (tertiary/aromatic N) is 6. The highest BCUT2D eigenvalue weighted by Gasteiger charge is 2.38. The molecule has 9 heteroatoms. The molecule has 0 spiro atoms. The molecule has 3 heterocycles. The van der Waals surface area contributed by atoms with Crippen LogP contribution in [0.3, 0.4) is 0 Å². The summed E-state index contributed by atoms with van der Waals surface area (Å²) in [4.78, 5) is 3.90. The van der Waals surface area contributed by atoms with Crippen LogP contribution in [0.25, 0.3) is 22.2 Å². The lowest BCUT2D eigenvalue weighted by molar-refractivity contribution is -0.146. The molecule has 0 saturated carbocycles. The smallest absolute Gasteiger partial charge is 0.289 e. The van der Waals surface area contributed by atoms with Crippen LogP contribution in [0.1, 0.15) is 5.82 Å². The molecule has 22 heavy (non-hydrogen) atoms. The molecule has 0 aliphatic heterocycles. The predicted molar refractivity (Wildman–Crippen MR) is 70.4 cm³/mol. The summed E-state index contributed by atoms with van der Waals surface area (Å²) in [5.41, 5.74) is 0.0618. The van der Waals surface area contributed by atoms with Crippen molar-refractivity contribution in [3.63, 3.8) is 0 Å². The average molecular weight is 304 g/mol. The molecule has 1 aromatic carbocycles. The Hall–Kier alpha value is -2.97. The number of imidazole rings is 1. The molecule has 0 N–H and O–H groups in total. The number of aromatic nitrogens is 6. The minimum absolute atomic E-state index is 0.0618. The van der Waals surface area contributed by atoms with E-state index in [0.29, 0.717) is 16.6 Å². The maximum atomic E-state index is 13.0. The normalized spacial score (nSPS) is 12.3. The summed E-state index contributed by atoms with van der Waals surface area (Å²) >= 11 is 0. The van der Waals surface area contributed by atoms with Crippen LogP contribution in [-0.2, 0) is 6.18 Å². The third-order valence-corrected chi connectivity index (χ3v) is 3.25. The van der Waals surface area contributed by atoms with Gasteiger partial charge in [-0.15, -0.1) is 15.3 Å². The van der Waals surface area contributed by atoms with Gasteiger partial charge in [-0.05, 0) is 0 Å². The minimum atomic E-state index is -4.64. The van der Waals surface area contributed by atoms with Gasteiger partial charge in [-0.25, -0.2) is 4.98 Å². The standard InChI is InChI=1S/C13H7F3N6/c14-13(15,16)12-19-18-10-8-3-1-2-4-9(8)11(20-22(10)12)21-6-5-17-7-21/h1-7H. The maximum Gasteiger partial charge on any atom is 0.453 e. The van der Waals surface area contributed by atoms with Crippen molar-refractivity contribution in [3.8, 4) is 5.82 Å². The van der Waals surface area contributed by atoms with Gasteiger partial charge in [0, 0.05) is 23.2 Å². The van der Waals surface area contributed by atoms with Crippen molar-refractivity contribution < 1.29 is 13.2 Å². The zero-order chi connectivity index (χ0) is 15.3. The Morgan fingerprint density at radius 1 is 1.00 bits per heavy atom.